The molecule has 0 radical (unpaired) electrons. The van der Waals surface area contributed by atoms with Crippen LogP contribution in [0.25, 0.3) is 11.0 Å². The number of nitrogens with zero attached hydrogens (tertiary/aromatic N) is 1. The van der Waals surface area contributed by atoms with Gasteiger partial charge in [-0.2, -0.15) is 0 Å². The monoisotopic (exact) mass is 311 g/mol. The molecule has 2 aromatic heterocycles. The Kier molecular flexibility index (Phi) is 4.35. The number of hydrogen-bond acceptors (Lipinski definition) is 4. The molecular weight excluding hydrogens is 290 g/mol. The quantitative estimate of drug-likeness (QED) is 0.774. The number of aryl methyl sites for hydroxylation is 2. The van der Waals surface area contributed by atoms with Crippen molar-refractivity contribution in [1.82, 2.24) is 4.98 Å². The molecule has 0 aliphatic carbocycles. The zero-order valence-corrected chi connectivity index (χ0v) is 13.7. The molecule has 1 atom stereocenters. The molecule has 0 aliphatic rings. The van der Waals surface area contributed by atoms with Gasteiger partial charge in [-0.15, -0.1) is 0 Å². The van der Waals surface area contributed by atoms with Crippen LogP contribution in [0.3, 0.4) is 0 Å². The summed E-state index contributed by atoms with van der Waals surface area (Å²) in [6.45, 7) is 4.03. The van der Waals surface area contributed by atoms with Crippen LogP contribution in [0.5, 0.6) is 5.88 Å². The minimum Gasteiger partial charge on any atom is -0.481 e. The molecule has 4 heteroatoms. The Morgan fingerprint density at radius 2 is 2.04 bits per heavy atom. The van der Waals surface area contributed by atoms with Crippen molar-refractivity contribution in [2.45, 2.75) is 32.8 Å². The Bertz CT molecular complexity index is 790. The number of benzene rings is 1. The third-order valence-corrected chi connectivity index (χ3v) is 4.11. The lowest BCUT2D eigenvalue weighted by Crippen LogP contribution is -2.07. The average molecular weight is 311 g/mol. The summed E-state index contributed by atoms with van der Waals surface area (Å²) in [5.74, 6) is 1.22. The van der Waals surface area contributed by atoms with Gasteiger partial charge in [0, 0.05) is 23.1 Å². The van der Waals surface area contributed by atoms with E-state index in [0.717, 1.165) is 34.4 Å². The smallest absolute Gasteiger partial charge is 0.219 e. The second-order valence-corrected chi connectivity index (χ2v) is 5.66. The summed E-state index contributed by atoms with van der Waals surface area (Å²) in [5, 5.41) is 11.7. The molecule has 1 N–H and O–H groups in total. The van der Waals surface area contributed by atoms with Crippen LogP contribution >= 0.6 is 0 Å². The van der Waals surface area contributed by atoms with Gasteiger partial charge in [0.15, 0.2) is 0 Å². The number of ether oxygens (including phenoxy) is 1. The molecule has 0 fully saturated rings. The van der Waals surface area contributed by atoms with Crippen molar-refractivity contribution < 1.29 is 14.3 Å². The molecule has 0 spiro atoms. The van der Waals surface area contributed by atoms with Gasteiger partial charge in [-0.1, -0.05) is 25.1 Å². The van der Waals surface area contributed by atoms with E-state index in [-0.39, 0.29) is 0 Å². The Hall–Kier alpha value is -2.33. The third-order valence-electron chi connectivity index (χ3n) is 4.11. The van der Waals surface area contributed by atoms with Crippen molar-refractivity contribution in [2.24, 2.45) is 0 Å². The predicted octanol–water partition coefficient (Wildman–Crippen LogP) is 3.98. The number of aliphatic hydroxyl groups is 1. The number of pyridine rings is 1. The molecule has 0 amide bonds. The van der Waals surface area contributed by atoms with Crippen LogP contribution in [-0.4, -0.2) is 17.2 Å². The molecule has 3 rings (SSSR count). The SMILES string of the molecule is CCc1cc(C(O)Cc2cc3ccccc3o2)c(OC)nc1C. The molecule has 120 valence electrons. The number of furan rings is 1. The van der Waals surface area contributed by atoms with Crippen molar-refractivity contribution in [3.05, 3.63) is 59.0 Å². The van der Waals surface area contributed by atoms with Crippen molar-refractivity contribution in [1.29, 1.82) is 0 Å². The van der Waals surface area contributed by atoms with Gasteiger partial charge in [0.2, 0.25) is 5.88 Å². The Labute approximate surface area is 135 Å². The molecular formula is C19H21NO3. The summed E-state index contributed by atoms with van der Waals surface area (Å²) >= 11 is 0. The van der Waals surface area contributed by atoms with Gasteiger partial charge in [0.1, 0.15) is 11.3 Å². The lowest BCUT2D eigenvalue weighted by molar-refractivity contribution is 0.166. The molecule has 0 saturated heterocycles. The van der Waals surface area contributed by atoms with E-state index in [9.17, 15) is 5.11 Å². The number of hydrogen-bond donors (Lipinski definition) is 1. The summed E-state index contributed by atoms with van der Waals surface area (Å²) in [5.41, 5.74) is 3.59. The van der Waals surface area contributed by atoms with Crippen LogP contribution in [0.2, 0.25) is 0 Å². The number of aliphatic hydroxyl groups excluding tert-OH is 1. The van der Waals surface area contributed by atoms with Crippen LogP contribution in [-0.2, 0) is 12.8 Å². The molecule has 0 saturated carbocycles. The first kappa shape index (κ1) is 15.6. The molecule has 0 bridgehead atoms. The summed E-state index contributed by atoms with van der Waals surface area (Å²) < 4.78 is 11.1. The van der Waals surface area contributed by atoms with Crippen LogP contribution in [0.4, 0.5) is 0 Å². The normalized spacial score (nSPS) is 12.5. The maximum Gasteiger partial charge on any atom is 0.219 e. The lowest BCUT2D eigenvalue weighted by atomic mass is 10.0. The highest BCUT2D eigenvalue weighted by Gasteiger charge is 2.19. The van der Waals surface area contributed by atoms with Crippen molar-refractivity contribution in [3.8, 4) is 5.88 Å². The van der Waals surface area contributed by atoms with Crippen LogP contribution in [0, 0.1) is 6.92 Å². The van der Waals surface area contributed by atoms with E-state index in [1.54, 1.807) is 7.11 Å². The molecule has 1 aromatic carbocycles. The molecule has 1 unspecified atom stereocenters. The lowest BCUT2D eigenvalue weighted by Gasteiger charge is -2.15. The first-order valence-electron chi connectivity index (χ1n) is 7.82. The fourth-order valence-electron chi connectivity index (χ4n) is 2.84. The highest BCUT2D eigenvalue weighted by molar-refractivity contribution is 5.77. The standard InChI is InChI=1S/C19H21NO3/c1-4-13-10-16(19(22-3)20-12(13)2)17(21)11-15-9-14-7-5-6-8-18(14)23-15/h5-10,17,21H,4,11H2,1-3H3. The Morgan fingerprint density at radius 3 is 2.74 bits per heavy atom. The molecule has 2 heterocycles. The maximum atomic E-state index is 10.6. The molecule has 4 nitrogen and oxygen atoms in total. The third kappa shape index (κ3) is 3.08. The summed E-state index contributed by atoms with van der Waals surface area (Å²) in [6.07, 6.45) is 0.537. The van der Waals surface area contributed by atoms with E-state index in [1.165, 1.54) is 0 Å². The minimum atomic E-state index is -0.719. The minimum absolute atomic E-state index is 0.388. The van der Waals surface area contributed by atoms with E-state index in [4.69, 9.17) is 9.15 Å². The largest absolute Gasteiger partial charge is 0.481 e. The summed E-state index contributed by atoms with van der Waals surface area (Å²) in [4.78, 5) is 4.46. The van der Waals surface area contributed by atoms with Gasteiger partial charge in [-0.25, -0.2) is 4.98 Å². The van der Waals surface area contributed by atoms with Gasteiger partial charge in [0.25, 0.3) is 0 Å². The van der Waals surface area contributed by atoms with Gasteiger partial charge >= 0.3 is 0 Å². The Balaban J connectivity index is 1.91. The van der Waals surface area contributed by atoms with E-state index in [1.807, 2.05) is 43.3 Å². The van der Waals surface area contributed by atoms with Crippen LogP contribution < -0.4 is 4.74 Å². The second kappa shape index (κ2) is 6.42. The van der Waals surface area contributed by atoms with E-state index >= 15 is 0 Å². The number of aromatic nitrogens is 1. The van der Waals surface area contributed by atoms with Crippen LogP contribution in [0.15, 0.2) is 40.8 Å². The maximum absolute atomic E-state index is 10.6. The van der Waals surface area contributed by atoms with E-state index in [2.05, 4.69) is 11.9 Å². The number of rotatable bonds is 5. The zero-order chi connectivity index (χ0) is 16.4. The highest BCUT2D eigenvalue weighted by Crippen LogP contribution is 2.30. The second-order valence-electron chi connectivity index (χ2n) is 5.66. The van der Waals surface area contributed by atoms with Crippen molar-refractivity contribution >= 4 is 11.0 Å². The summed E-state index contributed by atoms with van der Waals surface area (Å²) in [6, 6.07) is 11.8. The fraction of sp³-hybridized carbons (Fsp3) is 0.316. The molecule has 0 aliphatic heterocycles. The number of para-hydroxylation sites is 1. The predicted molar refractivity (Wildman–Crippen MR) is 89.8 cm³/mol. The van der Waals surface area contributed by atoms with Gasteiger partial charge < -0.3 is 14.3 Å². The zero-order valence-electron chi connectivity index (χ0n) is 13.7. The number of fused-ring (bicyclic) bond motifs is 1. The fourth-order valence-corrected chi connectivity index (χ4v) is 2.84. The molecule has 23 heavy (non-hydrogen) atoms. The van der Waals surface area contributed by atoms with Crippen molar-refractivity contribution in [3.63, 3.8) is 0 Å². The van der Waals surface area contributed by atoms with Gasteiger partial charge in [-0.05, 0) is 37.1 Å². The van der Waals surface area contributed by atoms with Gasteiger partial charge in [0.05, 0.1) is 13.2 Å². The highest BCUT2D eigenvalue weighted by atomic mass is 16.5. The van der Waals surface area contributed by atoms with E-state index in [0.29, 0.717) is 17.9 Å². The first-order chi connectivity index (χ1) is 11.1. The first-order valence-corrected chi connectivity index (χ1v) is 7.82. The number of methoxy groups -OCH3 is 1. The average Bonchev–Trinajstić information content (AvgIpc) is 2.96. The van der Waals surface area contributed by atoms with Gasteiger partial charge in [-0.3, -0.25) is 0 Å². The molecule has 3 aromatic rings. The van der Waals surface area contributed by atoms with Crippen LogP contribution in [0.1, 0.15) is 35.6 Å². The Morgan fingerprint density at radius 1 is 1.26 bits per heavy atom. The van der Waals surface area contributed by atoms with E-state index < -0.39 is 6.10 Å². The van der Waals surface area contributed by atoms with Crippen molar-refractivity contribution in [2.75, 3.05) is 7.11 Å². The summed E-state index contributed by atoms with van der Waals surface area (Å²) in [7, 11) is 1.57. The topological polar surface area (TPSA) is 55.5 Å².